The topological polar surface area (TPSA) is 91.0 Å². The zero-order valence-electron chi connectivity index (χ0n) is 17.4. The van der Waals surface area contributed by atoms with Crippen LogP contribution in [0.25, 0.3) is 32.7 Å². The number of aromatic nitrogens is 2. The monoisotopic (exact) mass is 418 g/mol. The van der Waals surface area contributed by atoms with Crippen LogP contribution in [0.1, 0.15) is 11.3 Å². The summed E-state index contributed by atoms with van der Waals surface area (Å²) in [6, 6.07) is 27.6. The first-order chi connectivity index (χ1) is 15.7. The van der Waals surface area contributed by atoms with E-state index in [1.165, 1.54) is 5.39 Å². The number of furan rings is 1. The maximum atomic E-state index is 6.42. The van der Waals surface area contributed by atoms with E-state index >= 15 is 0 Å². The summed E-state index contributed by atoms with van der Waals surface area (Å²) in [5, 5.41) is 3.11. The molecule has 4 N–H and O–H groups in total. The highest BCUT2D eigenvalue weighted by molar-refractivity contribution is 6.08. The van der Waals surface area contributed by atoms with E-state index in [1.54, 1.807) is 6.26 Å². The molecule has 3 aromatic carbocycles. The van der Waals surface area contributed by atoms with Gasteiger partial charge in [-0.05, 0) is 48.0 Å². The average molecular weight is 419 g/mol. The van der Waals surface area contributed by atoms with Crippen molar-refractivity contribution in [1.82, 2.24) is 9.97 Å². The van der Waals surface area contributed by atoms with E-state index in [-0.39, 0.29) is 0 Å². The molecule has 156 valence electrons. The molecule has 6 aromatic rings. The van der Waals surface area contributed by atoms with Gasteiger partial charge in [0.05, 0.1) is 28.5 Å². The van der Waals surface area contributed by atoms with Crippen LogP contribution in [-0.4, -0.2) is 9.97 Å². The van der Waals surface area contributed by atoms with E-state index in [1.807, 2.05) is 79.0 Å². The van der Waals surface area contributed by atoms with Crippen molar-refractivity contribution in [2.75, 3.05) is 11.5 Å². The van der Waals surface area contributed by atoms with Crippen molar-refractivity contribution in [2.24, 2.45) is 0 Å². The minimum Gasteiger partial charge on any atom is -0.469 e. The van der Waals surface area contributed by atoms with Crippen LogP contribution in [0.4, 0.5) is 11.4 Å². The molecule has 3 aromatic heterocycles. The molecule has 0 saturated heterocycles. The molecule has 0 bridgehead atoms. The summed E-state index contributed by atoms with van der Waals surface area (Å²) >= 11 is 0. The van der Waals surface area contributed by atoms with Crippen LogP contribution in [0, 0.1) is 0 Å². The Bertz CT molecular complexity index is 1460. The lowest BCUT2D eigenvalue weighted by Gasteiger charge is -2.12. The molecule has 3 heterocycles. The lowest BCUT2D eigenvalue weighted by molar-refractivity contribution is 0.521. The van der Waals surface area contributed by atoms with Crippen molar-refractivity contribution < 1.29 is 4.42 Å². The summed E-state index contributed by atoms with van der Waals surface area (Å²) < 4.78 is 5.45. The molecule has 0 aliphatic rings. The van der Waals surface area contributed by atoms with Crippen LogP contribution in [0.5, 0.6) is 0 Å². The Morgan fingerprint density at radius 2 is 1.53 bits per heavy atom. The highest BCUT2D eigenvalue weighted by Gasteiger charge is 2.12. The smallest absolute Gasteiger partial charge is 0.108 e. The van der Waals surface area contributed by atoms with Gasteiger partial charge >= 0.3 is 0 Å². The Labute approximate surface area is 185 Å². The summed E-state index contributed by atoms with van der Waals surface area (Å²) in [6.45, 7) is 0. The Balaban J connectivity index is 0.000000180. The number of hydrogen-bond donors (Lipinski definition) is 2. The van der Waals surface area contributed by atoms with Crippen LogP contribution in [0.15, 0.2) is 102 Å². The third-order valence-electron chi connectivity index (χ3n) is 5.38. The predicted molar refractivity (Wildman–Crippen MR) is 131 cm³/mol. The number of rotatable bonds is 2. The molecule has 0 atom stereocenters. The SMILES string of the molecule is Nc1cc(Cc2ccco2)c2c(N)c3ccccc3nc2c1.c1ccc2ncccc2c1. The first kappa shape index (κ1) is 19.6. The quantitative estimate of drug-likeness (QED) is 0.267. The molecule has 0 spiro atoms. The number of nitrogen functional groups attached to an aromatic ring is 2. The van der Waals surface area contributed by atoms with Crippen molar-refractivity contribution in [3.8, 4) is 0 Å². The molecule has 0 amide bonds. The van der Waals surface area contributed by atoms with Gasteiger partial charge in [0.2, 0.25) is 0 Å². The molecule has 5 heteroatoms. The fraction of sp³-hybridized carbons (Fsp3) is 0.0370. The summed E-state index contributed by atoms with van der Waals surface area (Å²) in [5.74, 6) is 0.874. The molecule has 0 saturated carbocycles. The fourth-order valence-corrected chi connectivity index (χ4v) is 3.93. The van der Waals surface area contributed by atoms with E-state index in [0.29, 0.717) is 12.1 Å². The number of nitrogens with two attached hydrogens (primary N) is 2. The number of hydrogen-bond acceptors (Lipinski definition) is 5. The van der Waals surface area contributed by atoms with Crippen LogP contribution < -0.4 is 11.5 Å². The van der Waals surface area contributed by atoms with E-state index in [9.17, 15) is 0 Å². The Hall–Kier alpha value is -4.38. The molecule has 0 radical (unpaired) electrons. The largest absolute Gasteiger partial charge is 0.469 e. The second-order valence-corrected chi connectivity index (χ2v) is 7.57. The second kappa shape index (κ2) is 8.40. The number of para-hydroxylation sites is 2. The van der Waals surface area contributed by atoms with Gasteiger partial charge in [-0.25, -0.2) is 4.98 Å². The number of benzene rings is 3. The maximum Gasteiger partial charge on any atom is 0.108 e. The molecule has 32 heavy (non-hydrogen) atoms. The van der Waals surface area contributed by atoms with Crippen molar-refractivity contribution in [1.29, 1.82) is 0 Å². The predicted octanol–water partition coefficient (Wildman–Crippen LogP) is 5.97. The van der Waals surface area contributed by atoms with E-state index in [0.717, 1.165) is 44.3 Å². The standard InChI is InChI=1S/C18H15N3O.C9H7N/c19-12-8-11(9-13-4-3-7-22-13)17-16(10-12)21-15-6-2-1-5-14(15)18(17)20;1-2-6-9-8(4-1)5-3-7-10-9/h1-8,10H,9,19H2,(H2,20,21);1-7H. The van der Waals surface area contributed by atoms with Gasteiger partial charge in [0, 0.05) is 34.5 Å². The molecule has 5 nitrogen and oxygen atoms in total. The molecule has 0 fully saturated rings. The van der Waals surface area contributed by atoms with Gasteiger partial charge < -0.3 is 15.9 Å². The van der Waals surface area contributed by atoms with Gasteiger partial charge in [-0.2, -0.15) is 0 Å². The van der Waals surface area contributed by atoms with Crippen LogP contribution in [0.2, 0.25) is 0 Å². The first-order valence-electron chi connectivity index (χ1n) is 10.4. The Morgan fingerprint density at radius 3 is 2.34 bits per heavy atom. The molecular formula is C27H22N4O. The normalized spacial score (nSPS) is 10.9. The molecular weight excluding hydrogens is 396 g/mol. The van der Waals surface area contributed by atoms with Gasteiger partial charge in [-0.15, -0.1) is 0 Å². The van der Waals surface area contributed by atoms with E-state index in [2.05, 4.69) is 17.1 Å². The number of fused-ring (bicyclic) bond motifs is 3. The van der Waals surface area contributed by atoms with Crippen molar-refractivity contribution in [2.45, 2.75) is 6.42 Å². The van der Waals surface area contributed by atoms with Crippen LogP contribution in [-0.2, 0) is 6.42 Å². The number of pyridine rings is 2. The molecule has 0 aliphatic heterocycles. The lowest BCUT2D eigenvalue weighted by atomic mass is 9.99. The molecule has 0 aliphatic carbocycles. The van der Waals surface area contributed by atoms with Gasteiger partial charge in [0.1, 0.15) is 5.76 Å². The average Bonchev–Trinajstić information content (AvgIpc) is 3.32. The van der Waals surface area contributed by atoms with Crippen molar-refractivity contribution in [3.63, 3.8) is 0 Å². The van der Waals surface area contributed by atoms with E-state index in [4.69, 9.17) is 20.9 Å². The minimum atomic E-state index is 0.638. The zero-order chi connectivity index (χ0) is 21.9. The van der Waals surface area contributed by atoms with Crippen LogP contribution >= 0.6 is 0 Å². The second-order valence-electron chi connectivity index (χ2n) is 7.57. The third kappa shape index (κ3) is 3.84. The van der Waals surface area contributed by atoms with Crippen molar-refractivity contribution in [3.05, 3.63) is 109 Å². The highest BCUT2D eigenvalue weighted by atomic mass is 16.3. The zero-order valence-corrected chi connectivity index (χ0v) is 17.4. The summed E-state index contributed by atoms with van der Waals surface area (Å²) in [4.78, 5) is 8.88. The Morgan fingerprint density at radius 1 is 0.750 bits per heavy atom. The van der Waals surface area contributed by atoms with Gasteiger partial charge in [-0.1, -0.05) is 42.5 Å². The van der Waals surface area contributed by atoms with E-state index < -0.39 is 0 Å². The summed E-state index contributed by atoms with van der Waals surface area (Å²) in [5.41, 5.74) is 17.7. The van der Waals surface area contributed by atoms with Gasteiger partial charge in [0.15, 0.2) is 0 Å². The van der Waals surface area contributed by atoms with Crippen LogP contribution in [0.3, 0.4) is 0 Å². The molecule has 0 unspecified atom stereocenters. The summed E-state index contributed by atoms with van der Waals surface area (Å²) in [7, 11) is 0. The third-order valence-corrected chi connectivity index (χ3v) is 5.38. The minimum absolute atomic E-state index is 0.638. The van der Waals surface area contributed by atoms with Crippen molar-refractivity contribution >= 4 is 44.1 Å². The molecule has 6 rings (SSSR count). The fourth-order valence-electron chi connectivity index (χ4n) is 3.93. The highest BCUT2D eigenvalue weighted by Crippen LogP contribution is 2.33. The Kier molecular flexibility index (Phi) is 5.14. The first-order valence-corrected chi connectivity index (χ1v) is 10.4. The summed E-state index contributed by atoms with van der Waals surface area (Å²) in [6.07, 6.45) is 4.11. The maximum absolute atomic E-state index is 6.42. The van der Waals surface area contributed by atoms with Gasteiger partial charge in [0.25, 0.3) is 0 Å². The number of nitrogens with zero attached hydrogens (tertiary/aromatic N) is 2. The lowest BCUT2D eigenvalue weighted by Crippen LogP contribution is -1.99. The number of anilines is 2. The van der Waals surface area contributed by atoms with Gasteiger partial charge in [-0.3, -0.25) is 4.98 Å².